The number of carbonyl (C=O) groups excluding carboxylic acids is 1. The molecule has 0 saturated heterocycles. The van der Waals surface area contributed by atoms with Crippen molar-refractivity contribution in [2.75, 3.05) is 17.3 Å². The molecule has 1 aromatic heterocycles. The Morgan fingerprint density at radius 1 is 1.07 bits per heavy atom. The van der Waals surface area contributed by atoms with Crippen LogP contribution in [0.4, 0.5) is 11.6 Å². The number of benzene rings is 2. The van der Waals surface area contributed by atoms with Crippen LogP contribution in [-0.4, -0.2) is 29.0 Å². The summed E-state index contributed by atoms with van der Waals surface area (Å²) in [6, 6.07) is 19.2. The summed E-state index contributed by atoms with van der Waals surface area (Å²) in [5, 5.41) is 2.88. The molecule has 1 amide bonds. The van der Waals surface area contributed by atoms with Crippen molar-refractivity contribution in [3.63, 3.8) is 0 Å². The molecule has 1 N–H and O–H groups in total. The highest BCUT2D eigenvalue weighted by Crippen LogP contribution is 2.19. The van der Waals surface area contributed by atoms with E-state index in [1.165, 1.54) is 0 Å². The van der Waals surface area contributed by atoms with Gasteiger partial charge in [0.15, 0.2) is 0 Å². The van der Waals surface area contributed by atoms with Gasteiger partial charge < -0.3 is 15.0 Å². The number of hydrogen-bond donors (Lipinski definition) is 1. The predicted octanol–water partition coefficient (Wildman–Crippen LogP) is 4.46. The lowest BCUT2D eigenvalue weighted by Gasteiger charge is -2.27. The van der Waals surface area contributed by atoms with Crippen molar-refractivity contribution in [3.05, 3.63) is 77.6 Å². The van der Waals surface area contributed by atoms with Gasteiger partial charge in [-0.3, -0.25) is 4.79 Å². The summed E-state index contributed by atoms with van der Waals surface area (Å²) in [7, 11) is 1.61. The van der Waals surface area contributed by atoms with Crippen LogP contribution in [0.2, 0.25) is 0 Å². The monoisotopic (exact) mass is 390 g/mol. The van der Waals surface area contributed by atoms with Crippen LogP contribution in [0, 0.1) is 6.92 Å². The zero-order chi connectivity index (χ0) is 20.8. The first-order valence-electron chi connectivity index (χ1n) is 9.58. The largest absolute Gasteiger partial charge is 0.497 e. The molecule has 0 fully saturated rings. The molecule has 0 atom stereocenters. The average molecular weight is 390 g/mol. The third-order valence-electron chi connectivity index (χ3n) is 4.50. The molecule has 0 spiro atoms. The molecule has 29 heavy (non-hydrogen) atoms. The summed E-state index contributed by atoms with van der Waals surface area (Å²) in [5.41, 5.74) is 2.92. The number of ether oxygens (including phenoxy) is 1. The van der Waals surface area contributed by atoms with E-state index in [0.29, 0.717) is 23.9 Å². The second kappa shape index (κ2) is 9.19. The molecule has 6 heteroatoms. The molecule has 0 aliphatic carbocycles. The maximum absolute atomic E-state index is 12.8. The van der Waals surface area contributed by atoms with Gasteiger partial charge in [0.05, 0.1) is 7.11 Å². The molecule has 0 aliphatic rings. The number of aromatic nitrogens is 2. The van der Waals surface area contributed by atoms with Crippen LogP contribution in [0.25, 0.3) is 0 Å². The van der Waals surface area contributed by atoms with E-state index in [2.05, 4.69) is 46.2 Å². The minimum absolute atomic E-state index is 0.175. The van der Waals surface area contributed by atoms with E-state index in [-0.39, 0.29) is 11.9 Å². The minimum Gasteiger partial charge on any atom is -0.497 e. The van der Waals surface area contributed by atoms with Crippen LogP contribution in [-0.2, 0) is 6.54 Å². The van der Waals surface area contributed by atoms with Gasteiger partial charge in [-0.15, -0.1) is 0 Å². The Labute approximate surface area is 171 Å². The van der Waals surface area contributed by atoms with E-state index in [1.54, 1.807) is 37.4 Å². The van der Waals surface area contributed by atoms with E-state index in [1.807, 2.05) is 25.1 Å². The maximum Gasteiger partial charge on any atom is 0.274 e. The van der Waals surface area contributed by atoms with Crippen molar-refractivity contribution >= 4 is 17.5 Å². The van der Waals surface area contributed by atoms with E-state index >= 15 is 0 Å². The summed E-state index contributed by atoms with van der Waals surface area (Å²) >= 11 is 0. The molecule has 0 unspecified atom stereocenters. The van der Waals surface area contributed by atoms with Gasteiger partial charge in [0.2, 0.25) is 5.95 Å². The normalized spacial score (nSPS) is 10.7. The molecule has 3 aromatic rings. The van der Waals surface area contributed by atoms with Crippen LogP contribution in [0.1, 0.15) is 35.6 Å². The molecule has 1 heterocycles. The lowest BCUT2D eigenvalue weighted by atomic mass is 10.2. The molecule has 0 bridgehead atoms. The summed E-state index contributed by atoms with van der Waals surface area (Å²) in [6.45, 7) is 6.72. The fourth-order valence-corrected chi connectivity index (χ4v) is 2.93. The van der Waals surface area contributed by atoms with E-state index in [0.717, 1.165) is 17.0 Å². The molecular formula is C23H26N4O2. The molecule has 2 aromatic carbocycles. The zero-order valence-electron chi connectivity index (χ0n) is 17.2. The number of methoxy groups -OCH3 is 1. The summed E-state index contributed by atoms with van der Waals surface area (Å²) in [4.78, 5) is 24.0. The van der Waals surface area contributed by atoms with Crippen molar-refractivity contribution in [3.8, 4) is 5.75 Å². The van der Waals surface area contributed by atoms with Crippen LogP contribution < -0.4 is 15.0 Å². The van der Waals surface area contributed by atoms with Gasteiger partial charge >= 0.3 is 0 Å². The Balaban J connectivity index is 1.84. The van der Waals surface area contributed by atoms with Gasteiger partial charge in [0.25, 0.3) is 5.91 Å². The SMILES string of the molecule is COc1ccc(NC(=O)c2cc(C)nc(N(Cc3ccccc3)C(C)C)n2)cc1. The molecule has 3 rings (SSSR count). The van der Waals surface area contributed by atoms with E-state index in [4.69, 9.17) is 4.74 Å². The summed E-state index contributed by atoms with van der Waals surface area (Å²) in [5.74, 6) is 1.01. The van der Waals surface area contributed by atoms with Gasteiger partial charge in [-0.2, -0.15) is 0 Å². The minimum atomic E-state index is -0.273. The van der Waals surface area contributed by atoms with Crippen LogP contribution >= 0.6 is 0 Å². The fraction of sp³-hybridized carbons (Fsp3) is 0.261. The number of nitrogens with one attached hydrogen (secondary N) is 1. The Morgan fingerprint density at radius 2 is 1.76 bits per heavy atom. The van der Waals surface area contributed by atoms with Crippen molar-refractivity contribution < 1.29 is 9.53 Å². The first-order valence-corrected chi connectivity index (χ1v) is 9.58. The molecule has 0 saturated carbocycles. The van der Waals surface area contributed by atoms with Gasteiger partial charge in [-0.1, -0.05) is 30.3 Å². The number of carbonyl (C=O) groups is 1. The topological polar surface area (TPSA) is 67.3 Å². The highest BCUT2D eigenvalue weighted by atomic mass is 16.5. The third-order valence-corrected chi connectivity index (χ3v) is 4.50. The lowest BCUT2D eigenvalue weighted by Crippen LogP contribution is -2.32. The number of nitrogens with zero attached hydrogens (tertiary/aromatic N) is 3. The van der Waals surface area contributed by atoms with E-state index in [9.17, 15) is 4.79 Å². The first-order chi connectivity index (χ1) is 14.0. The number of amides is 1. The summed E-state index contributed by atoms with van der Waals surface area (Å²) < 4.78 is 5.15. The zero-order valence-corrected chi connectivity index (χ0v) is 17.2. The molecule has 0 radical (unpaired) electrons. The Bertz CT molecular complexity index is 956. The van der Waals surface area contributed by atoms with Gasteiger partial charge in [-0.25, -0.2) is 9.97 Å². The van der Waals surface area contributed by atoms with Crippen molar-refractivity contribution in [1.82, 2.24) is 9.97 Å². The predicted molar refractivity (Wildman–Crippen MR) is 115 cm³/mol. The third kappa shape index (κ3) is 5.31. The second-order valence-electron chi connectivity index (χ2n) is 7.08. The van der Waals surface area contributed by atoms with Crippen molar-refractivity contribution in [2.45, 2.75) is 33.4 Å². The average Bonchev–Trinajstić information content (AvgIpc) is 2.72. The fourth-order valence-electron chi connectivity index (χ4n) is 2.93. The number of anilines is 2. The van der Waals surface area contributed by atoms with Gasteiger partial charge in [-0.05, 0) is 56.7 Å². The smallest absolute Gasteiger partial charge is 0.274 e. The molecule has 6 nitrogen and oxygen atoms in total. The highest BCUT2D eigenvalue weighted by molar-refractivity contribution is 6.03. The van der Waals surface area contributed by atoms with Crippen LogP contribution in [0.3, 0.4) is 0 Å². The quantitative estimate of drug-likeness (QED) is 0.645. The Hall–Kier alpha value is -3.41. The summed E-state index contributed by atoms with van der Waals surface area (Å²) in [6.07, 6.45) is 0. The standard InChI is InChI=1S/C23H26N4O2/c1-16(2)27(15-18-8-6-5-7-9-18)23-24-17(3)14-21(26-23)22(28)25-19-10-12-20(29-4)13-11-19/h5-14,16H,15H2,1-4H3,(H,25,28). The van der Waals surface area contributed by atoms with Crippen LogP contribution in [0.15, 0.2) is 60.7 Å². The first kappa shape index (κ1) is 20.3. The molecular weight excluding hydrogens is 364 g/mol. The highest BCUT2D eigenvalue weighted by Gasteiger charge is 2.18. The lowest BCUT2D eigenvalue weighted by molar-refractivity contribution is 0.102. The number of aryl methyl sites for hydroxylation is 1. The Kier molecular flexibility index (Phi) is 6.44. The van der Waals surface area contributed by atoms with Gasteiger partial charge in [0.1, 0.15) is 11.4 Å². The number of hydrogen-bond acceptors (Lipinski definition) is 5. The number of rotatable bonds is 7. The van der Waals surface area contributed by atoms with Crippen molar-refractivity contribution in [2.24, 2.45) is 0 Å². The molecule has 150 valence electrons. The van der Waals surface area contributed by atoms with Crippen molar-refractivity contribution in [1.29, 1.82) is 0 Å². The molecule has 0 aliphatic heterocycles. The van der Waals surface area contributed by atoms with Crippen LogP contribution in [0.5, 0.6) is 5.75 Å². The Morgan fingerprint density at radius 3 is 2.38 bits per heavy atom. The maximum atomic E-state index is 12.8. The van der Waals surface area contributed by atoms with Gasteiger partial charge in [0, 0.05) is 24.0 Å². The second-order valence-corrected chi connectivity index (χ2v) is 7.08. The van der Waals surface area contributed by atoms with E-state index < -0.39 is 0 Å².